The number of nitrogens with zero attached hydrogens (tertiary/aromatic N) is 2. The Balaban J connectivity index is 2.46. The number of allylic oxidation sites excluding steroid dienone is 1. The number of phenols is 1. The predicted molar refractivity (Wildman–Crippen MR) is 89.5 cm³/mol. The molecule has 112 valence electrons. The second kappa shape index (κ2) is 6.94. The normalized spacial score (nSPS) is 11.1. The van der Waals surface area contributed by atoms with Crippen molar-refractivity contribution in [3.63, 3.8) is 0 Å². The van der Waals surface area contributed by atoms with Crippen molar-refractivity contribution in [3.8, 4) is 11.8 Å². The van der Waals surface area contributed by atoms with Gasteiger partial charge in [-0.05, 0) is 51.8 Å². The molecule has 2 rings (SSSR count). The van der Waals surface area contributed by atoms with E-state index in [4.69, 9.17) is 10.4 Å². The molecule has 2 aromatic carbocycles. The van der Waals surface area contributed by atoms with Crippen molar-refractivity contribution < 1.29 is 15.5 Å². The second-order valence-electron chi connectivity index (χ2n) is 4.33. The molecule has 0 aliphatic carbocycles. The minimum atomic E-state index is -0.00318. The van der Waals surface area contributed by atoms with Gasteiger partial charge in [-0.15, -0.1) is 5.23 Å². The maximum atomic E-state index is 10.0. The summed E-state index contributed by atoms with van der Waals surface area (Å²) in [5, 5.41) is 37.2. The largest absolute Gasteiger partial charge is 0.506 e. The zero-order valence-electron chi connectivity index (χ0n) is 11.0. The lowest BCUT2D eigenvalue weighted by Crippen LogP contribution is -2.10. The van der Waals surface area contributed by atoms with Crippen molar-refractivity contribution in [2.24, 2.45) is 0 Å². The van der Waals surface area contributed by atoms with Crippen LogP contribution in [0.2, 0.25) is 0 Å². The van der Waals surface area contributed by atoms with Crippen molar-refractivity contribution >= 4 is 49.2 Å². The summed E-state index contributed by atoms with van der Waals surface area (Å²) in [7, 11) is 0. The highest BCUT2D eigenvalue weighted by atomic mass is 79.9. The highest BCUT2D eigenvalue weighted by Crippen LogP contribution is 2.34. The molecule has 0 aliphatic heterocycles. The van der Waals surface area contributed by atoms with Crippen molar-refractivity contribution in [3.05, 3.63) is 56.5 Å². The molecule has 7 heteroatoms. The summed E-state index contributed by atoms with van der Waals surface area (Å²) in [5.41, 5.74) is 1.57. The van der Waals surface area contributed by atoms with Crippen LogP contribution in [0.5, 0.6) is 5.75 Å². The Labute approximate surface area is 143 Å². The third kappa shape index (κ3) is 3.67. The van der Waals surface area contributed by atoms with E-state index in [0.29, 0.717) is 21.2 Å². The van der Waals surface area contributed by atoms with Crippen molar-refractivity contribution in [2.75, 3.05) is 5.23 Å². The maximum absolute atomic E-state index is 10.0. The van der Waals surface area contributed by atoms with E-state index in [-0.39, 0.29) is 16.7 Å². The molecule has 0 atom stereocenters. The highest BCUT2D eigenvalue weighted by Gasteiger charge is 2.09. The standard InChI is InChI=1S/C15H10Br2N2O3/c16-12-6-10(15(20)14(17)7-12)5-11(8-18)9-1-3-13(4-2-9)19(21)22/h1-7,20-22H. The molecule has 0 heterocycles. The molecule has 2 aromatic rings. The van der Waals surface area contributed by atoms with E-state index in [9.17, 15) is 10.4 Å². The van der Waals surface area contributed by atoms with Gasteiger partial charge in [0.05, 0.1) is 21.8 Å². The summed E-state index contributed by atoms with van der Waals surface area (Å²) in [5.74, 6) is 0.0319. The maximum Gasteiger partial charge on any atom is 0.137 e. The van der Waals surface area contributed by atoms with E-state index in [0.717, 1.165) is 4.47 Å². The molecule has 0 radical (unpaired) electrons. The molecule has 0 spiro atoms. The predicted octanol–water partition coefficient (Wildman–Crippen LogP) is 4.57. The van der Waals surface area contributed by atoms with E-state index in [2.05, 4.69) is 37.9 Å². The van der Waals surface area contributed by atoms with Gasteiger partial charge in [-0.25, -0.2) is 0 Å². The Morgan fingerprint density at radius 2 is 1.77 bits per heavy atom. The average Bonchev–Trinajstić information content (AvgIpc) is 2.49. The lowest BCUT2D eigenvalue weighted by atomic mass is 10.0. The third-order valence-electron chi connectivity index (χ3n) is 2.89. The summed E-state index contributed by atoms with van der Waals surface area (Å²) in [4.78, 5) is 0. The van der Waals surface area contributed by atoms with Crippen LogP contribution < -0.4 is 5.23 Å². The Morgan fingerprint density at radius 3 is 2.32 bits per heavy atom. The molecular formula is C15H10Br2N2O3. The summed E-state index contributed by atoms with van der Waals surface area (Å²) in [6.07, 6.45) is 1.55. The quantitative estimate of drug-likeness (QED) is 0.381. The number of phenolic OH excluding ortho intramolecular Hbond substituents is 1. The van der Waals surface area contributed by atoms with E-state index in [1.807, 2.05) is 0 Å². The number of nitriles is 1. The molecule has 3 N–H and O–H groups in total. The van der Waals surface area contributed by atoms with E-state index >= 15 is 0 Å². The Morgan fingerprint density at radius 1 is 1.14 bits per heavy atom. The van der Waals surface area contributed by atoms with Crippen molar-refractivity contribution in [1.29, 1.82) is 5.26 Å². The topological polar surface area (TPSA) is 87.7 Å². The van der Waals surface area contributed by atoms with Crippen LogP contribution >= 0.6 is 31.9 Å². The minimum absolute atomic E-state index is 0.00318. The lowest BCUT2D eigenvalue weighted by Gasteiger charge is -2.08. The number of aromatic hydroxyl groups is 1. The van der Waals surface area contributed by atoms with E-state index < -0.39 is 0 Å². The van der Waals surface area contributed by atoms with Gasteiger partial charge in [-0.1, -0.05) is 28.1 Å². The summed E-state index contributed by atoms with van der Waals surface area (Å²) < 4.78 is 1.27. The molecule has 0 aromatic heterocycles. The van der Waals surface area contributed by atoms with Crippen LogP contribution in [0.4, 0.5) is 5.69 Å². The van der Waals surface area contributed by atoms with Gasteiger partial charge >= 0.3 is 0 Å². The second-order valence-corrected chi connectivity index (χ2v) is 6.10. The fourth-order valence-corrected chi connectivity index (χ4v) is 3.06. The SMILES string of the molecule is N#CC(=Cc1cc(Br)cc(Br)c1O)c1ccc(N(O)O)cc1. The molecule has 0 aliphatic rings. The molecule has 0 saturated carbocycles. The molecular weight excluding hydrogens is 416 g/mol. The van der Waals surface area contributed by atoms with Gasteiger partial charge in [0.15, 0.2) is 0 Å². The minimum Gasteiger partial charge on any atom is -0.506 e. The lowest BCUT2D eigenvalue weighted by molar-refractivity contribution is 0.0291. The van der Waals surface area contributed by atoms with Crippen molar-refractivity contribution in [2.45, 2.75) is 0 Å². The molecule has 0 bridgehead atoms. The third-order valence-corrected chi connectivity index (χ3v) is 3.95. The van der Waals surface area contributed by atoms with Crippen LogP contribution in [0.25, 0.3) is 11.6 Å². The zero-order chi connectivity index (χ0) is 16.3. The Bertz CT molecular complexity index is 766. The number of anilines is 1. The van der Waals surface area contributed by atoms with Gasteiger partial charge in [0.1, 0.15) is 5.75 Å². The first-order valence-corrected chi connectivity index (χ1v) is 7.59. The monoisotopic (exact) mass is 424 g/mol. The fraction of sp³-hybridized carbons (Fsp3) is 0. The molecule has 22 heavy (non-hydrogen) atoms. The number of hydrogen-bond acceptors (Lipinski definition) is 5. The molecule has 0 amide bonds. The first-order valence-electron chi connectivity index (χ1n) is 6.00. The summed E-state index contributed by atoms with van der Waals surface area (Å²) in [6, 6.07) is 11.5. The zero-order valence-corrected chi connectivity index (χ0v) is 14.2. The van der Waals surface area contributed by atoms with E-state index in [1.165, 1.54) is 12.1 Å². The highest BCUT2D eigenvalue weighted by molar-refractivity contribution is 9.11. The van der Waals surface area contributed by atoms with Gasteiger partial charge in [0.2, 0.25) is 0 Å². The average molecular weight is 426 g/mol. The van der Waals surface area contributed by atoms with Crippen LogP contribution in [0, 0.1) is 11.3 Å². The fourth-order valence-electron chi connectivity index (χ4n) is 1.81. The molecule has 5 nitrogen and oxygen atoms in total. The number of halogens is 2. The summed E-state index contributed by atoms with van der Waals surface area (Å²) >= 11 is 6.56. The first kappa shape index (κ1) is 16.5. The number of hydrogen-bond donors (Lipinski definition) is 3. The van der Waals surface area contributed by atoms with Gasteiger partial charge in [0, 0.05) is 10.0 Å². The molecule has 0 unspecified atom stereocenters. The number of rotatable bonds is 3. The van der Waals surface area contributed by atoms with Gasteiger partial charge in [-0.3, -0.25) is 10.4 Å². The Kier molecular flexibility index (Phi) is 5.21. The van der Waals surface area contributed by atoms with Crippen LogP contribution in [-0.2, 0) is 0 Å². The van der Waals surface area contributed by atoms with Crippen LogP contribution in [0.15, 0.2) is 45.3 Å². The van der Waals surface area contributed by atoms with Crippen LogP contribution in [0.3, 0.4) is 0 Å². The van der Waals surface area contributed by atoms with Gasteiger partial charge in [0.25, 0.3) is 0 Å². The first-order chi connectivity index (χ1) is 10.4. The Hall–Kier alpha value is -1.85. The summed E-state index contributed by atoms with van der Waals surface area (Å²) in [6.45, 7) is 0. The van der Waals surface area contributed by atoms with Gasteiger partial charge < -0.3 is 5.11 Å². The molecule has 0 saturated heterocycles. The van der Waals surface area contributed by atoms with Crippen molar-refractivity contribution in [1.82, 2.24) is 0 Å². The van der Waals surface area contributed by atoms with Gasteiger partial charge in [-0.2, -0.15) is 5.26 Å². The molecule has 0 fully saturated rings. The van der Waals surface area contributed by atoms with Crippen LogP contribution in [0.1, 0.15) is 11.1 Å². The number of benzene rings is 2. The smallest absolute Gasteiger partial charge is 0.137 e. The van der Waals surface area contributed by atoms with E-state index in [1.54, 1.807) is 30.3 Å². The van der Waals surface area contributed by atoms with Crippen LogP contribution in [-0.4, -0.2) is 15.5 Å².